The van der Waals surface area contributed by atoms with E-state index in [1.807, 2.05) is 19.2 Å². The number of hydrogen-bond donors (Lipinski definition) is 2. The molecule has 5 rings (SSSR count). The molecule has 1 aliphatic heterocycles. The minimum Gasteiger partial charge on any atom is -0.406 e. The van der Waals surface area contributed by atoms with Crippen LogP contribution >= 0.6 is 11.6 Å². The van der Waals surface area contributed by atoms with Gasteiger partial charge in [0.2, 0.25) is 5.91 Å². The van der Waals surface area contributed by atoms with Crippen molar-refractivity contribution in [3.63, 3.8) is 0 Å². The third kappa shape index (κ3) is 4.13. The van der Waals surface area contributed by atoms with Gasteiger partial charge in [0.15, 0.2) is 16.9 Å². The molecule has 0 spiro atoms. The highest BCUT2D eigenvalue weighted by Crippen LogP contribution is 2.30. The van der Waals surface area contributed by atoms with Gasteiger partial charge in [-0.05, 0) is 24.6 Å². The maximum absolute atomic E-state index is 12.6. The number of amides is 2. The third-order valence-electron chi connectivity index (χ3n) is 5.98. The molecule has 1 aliphatic rings. The Morgan fingerprint density at radius 3 is 2.94 bits per heavy atom. The highest BCUT2D eigenvalue weighted by molar-refractivity contribution is 6.31. The lowest BCUT2D eigenvalue weighted by molar-refractivity contribution is -0.138. The van der Waals surface area contributed by atoms with Crippen molar-refractivity contribution in [1.29, 1.82) is 5.26 Å². The summed E-state index contributed by atoms with van der Waals surface area (Å²) in [5.41, 5.74) is 2.75. The fraction of sp³-hybridized carbons (Fsp3) is 0.304. The van der Waals surface area contributed by atoms with Gasteiger partial charge >= 0.3 is 6.09 Å². The van der Waals surface area contributed by atoms with Gasteiger partial charge in [-0.2, -0.15) is 10.4 Å². The zero-order valence-corrected chi connectivity index (χ0v) is 19.7. The van der Waals surface area contributed by atoms with Gasteiger partial charge in [0.25, 0.3) is 0 Å². The van der Waals surface area contributed by atoms with E-state index in [1.54, 1.807) is 28.8 Å². The molecule has 0 unspecified atom stereocenters. The standard InChI is InChI=1S/C23H21ClN8O3/c1-3-15(22(33)32-10-12(7-25)11-32)29-23(34)35-18-9-27-21-20(18)28-16(8-26-21)19-14-5-4-13(24)6-17(14)31(2)30-19/h4-6,8-9,12,15H,3,10-11H2,1-2H3,(H,26,27)(H,29,34)/t15-/m1/s1. The predicted octanol–water partition coefficient (Wildman–Crippen LogP) is 3.01. The van der Waals surface area contributed by atoms with Crippen LogP contribution in [0.5, 0.6) is 5.75 Å². The van der Waals surface area contributed by atoms with Gasteiger partial charge in [-0.3, -0.25) is 9.48 Å². The fourth-order valence-corrected chi connectivity index (χ4v) is 4.22. The van der Waals surface area contributed by atoms with Gasteiger partial charge in [0, 0.05) is 36.7 Å². The number of H-pyrrole nitrogens is 1. The molecular weight excluding hydrogens is 472 g/mol. The minimum absolute atomic E-state index is 0.157. The monoisotopic (exact) mass is 492 g/mol. The smallest absolute Gasteiger partial charge is 0.406 e. The van der Waals surface area contributed by atoms with Crippen molar-refractivity contribution in [2.75, 3.05) is 13.1 Å². The molecule has 2 amide bonds. The molecule has 11 nitrogen and oxygen atoms in total. The van der Waals surface area contributed by atoms with Crippen molar-refractivity contribution in [2.24, 2.45) is 13.0 Å². The average molecular weight is 493 g/mol. The lowest BCUT2D eigenvalue weighted by Crippen LogP contribution is -2.56. The molecule has 4 aromatic rings. The van der Waals surface area contributed by atoms with Crippen LogP contribution in [0.3, 0.4) is 0 Å². The number of nitrogens with one attached hydrogen (secondary N) is 2. The van der Waals surface area contributed by atoms with Crippen molar-refractivity contribution in [3.05, 3.63) is 35.6 Å². The van der Waals surface area contributed by atoms with E-state index in [0.717, 1.165) is 10.9 Å². The van der Waals surface area contributed by atoms with Crippen LogP contribution in [0, 0.1) is 17.2 Å². The summed E-state index contributed by atoms with van der Waals surface area (Å²) in [7, 11) is 1.81. The van der Waals surface area contributed by atoms with Crippen molar-refractivity contribution in [1.82, 2.24) is 34.9 Å². The van der Waals surface area contributed by atoms with E-state index in [9.17, 15) is 9.59 Å². The molecule has 178 valence electrons. The second kappa shape index (κ2) is 8.88. The average Bonchev–Trinajstić information content (AvgIpc) is 3.36. The van der Waals surface area contributed by atoms with Crippen LogP contribution in [-0.4, -0.2) is 60.8 Å². The van der Waals surface area contributed by atoms with Crippen molar-refractivity contribution >= 4 is 45.7 Å². The Labute approximate surface area is 204 Å². The van der Waals surface area contributed by atoms with Crippen LogP contribution < -0.4 is 10.1 Å². The number of carbonyl (C=O) groups is 2. The Morgan fingerprint density at radius 2 is 2.20 bits per heavy atom. The van der Waals surface area contributed by atoms with Crippen molar-refractivity contribution in [3.8, 4) is 23.2 Å². The van der Waals surface area contributed by atoms with Crippen LogP contribution in [-0.2, 0) is 11.8 Å². The number of halogens is 1. The van der Waals surface area contributed by atoms with E-state index in [1.165, 1.54) is 6.20 Å². The number of rotatable bonds is 5. The summed E-state index contributed by atoms with van der Waals surface area (Å²) >= 11 is 6.12. The molecule has 12 heteroatoms. The first-order valence-corrected chi connectivity index (χ1v) is 11.4. The molecule has 35 heavy (non-hydrogen) atoms. The van der Waals surface area contributed by atoms with E-state index in [-0.39, 0.29) is 17.6 Å². The number of fused-ring (bicyclic) bond motifs is 2. The van der Waals surface area contributed by atoms with Gasteiger partial charge < -0.3 is 19.9 Å². The maximum atomic E-state index is 12.6. The number of hydrogen-bond acceptors (Lipinski definition) is 7. The van der Waals surface area contributed by atoms with Crippen molar-refractivity contribution < 1.29 is 14.3 Å². The number of ether oxygens (including phenoxy) is 1. The Kier molecular flexibility index (Phi) is 5.74. The summed E-state index contributed by atoms with van der Waals surface area (Å²) in [4.78, 5) is 38.7. The van der Waals surface area contributed by atoms with Gasteiger partial charge in [-0.25, -0.2) is 14.8 Å². The number of aromatic nitrogens is 5. The predicted molar refractivity (Wildman–Crippen MR) is 128 cm³/mol. The third-order valence-corrected chi connectivity index (χ3v) is 6.21. The first kappa shape index (κ1) is 22.6. The van der Waals surface area contributed by atoms with Crippen molar-refractivity contribution in [2.45, 2.75) is 19.4 Å². The summed E-state index contributed by atoms with van der Waals surface area (Å²) in [6.07, 6.45) is 2.68. The van der Waals surface area contributed by atoms with Gasteiger partial charge in [-0.1, -0.05) is 18.5 Å². The quantitative estimate of drug-likeness (QED) is 0.436. The molecular formula is C23H21ClN8O3. The normalized spacial score (nSPS) is 14.5. The van der Waals surface area contributed by atoms with Crippen LogP contribution in [0.2, 0.25) is 5.02 Å². The molecule has 0 radical (unpaired) electrons. The van der Waals surface area contributed by atoms with Crippen LogP contribution in [0.4, 0.5) is 4.79 Å². The second-order valence-corrected chi connectivity index (χ2v) is 8.74. The Hall–Kier alpha value is -4.17. The number of likely N-dealkylation sites (tertiary alicyclic amines) is 1. The lowest BCUT2D eigenvalue weighted by atomic mass is 10.0. The molecule has 1 atom stereocenters. The number of nitrogens with zero attached hydrogens (tertiary/aromatic N) is 6. The van der Waals surface area contributed by atoms with E-state index >= 15 is 0 Å². The molecule has 0 aliphatic carbocycles. The Morgan fingerprint density at radius 1 is 1.40 bits per heavy atom. The van der Waals surface area contributed by atoms with Crippen LogP contribution in [0.25, 0.3) is 33.5 Å². The molecule has 1 saturated heterocycles. The molecule has 0 saturated carbocycles. The minimum atomic E-state index is -0.784. The van der Waals surface area contributed by atoms with Crippen LogP contribution in [0.1, 0.15) is 13.3 Å². The summed E-state index contributed by atoms with van der Waals surface area (Å²) in [6.45, 7) is 2.54. The molecule has 0 bridgehead atoms. The van der Waals surface area contributed by atoms with Gasteiger partial charge in [-0.15, -0.1) is 0 Å². The summed E-state index contributed by atoms with van der Waals surface area (Å²) in [6, 6.07) is 6.85. The van der Waals surface area contributed by atoms with Crippen LogP contribution in [0.15, 0.2) is 30.6 Å². The number of nitriles is 1. The number of aryl methyl sites for hydroxylation is 1. The second-order valence-electron chi connectivity index (χ2n) is 8.30. The van der Waals surface area contributed by atoms with Gasteiger partial charge in [0.05, 0.1) is 23.7 Å². The zero-order valence-electron chi connectivity index (χ0n) is 18.9. The SMILES string of the molecule is CC[C@@H](NC(=O)Oc1c[nH]c2ncc(-c3nn(C)c4cc(Cl)ccc34)nc12)C(=O)N1CC(C#N)C1. The zero-order chi connectivity index (χ0) is 24.7. The molecule has 3 aromatic heterocycles. The van der Waals surface area contributed by atoms with E-state index < -0.39 is 12.1 Å². The first-order valence-electron chi connectivity index (χ1n) is 11.0. The Bertz CT molecular complexity index is 1500. The molecule has 1 aromatic carbocycles. The van der Waals surface area contributed by atoms with E-state index in [0.29, 0.717) is 47.1 Å². The molecule has 4 heterocycles. The fourth-order valence-electron chi connectivity index (χ4n) is 4.05. The summed E-state index contributed by atoms with van der Waals surface area (Å²) in [5.74, 6) is -0.222. The number of benzene rings is 1. The first-order chi connectivity index (χ1) is 16.9. The lowest BCUT2D eigenvalue weighted by Gasteiger charge is -2.37. The van der Waals surface area contributed by atoms with E-state index in [4.69, 9.17) is 21.6 Å². The number of aromatic amines is 1. The summed E-state index contributed by atoms with van der Waals surface area (Å²) in [5, 5.41) is 17.5. The summed E-state index contributed by atoms with van der Waals surface area (Å²) < 4.78 is 7.18. The molecule has 2 N–H and O–H groups in total. The highest BCUT2D eigenvalue weighted by Gasteiger charge is 2.34. The van der Waals surface area contributed by atoms with E-state index in [2.05, 4.69) is 31.4 Å². The topological polar surface area (TPSA) is 142 Å². The number of carbonyl (C=O) groups excluding carboxylic acids is 2. The maximum Gasteiger partial charge on any atom is 0.413 e. The Balaban J connectivity index is 1.36. The highest BCUT2D eigenvalue weighted by atomic mass is 35.5. The van der Waals surface area contributed by atoms with Gasteiger partial charge in [0.1, 0.15) is 17.4 Å². The molecule has 1 fully saturated rings. The largest absolute Gasteiger partial charge is 0.413 e.